The van der Waals surface area contributed by atoms with E-state index in [-0.39, 0.29) is 5.91 Å². The van der Waals surface area contributed by atoms with Crippen molar-refractivity contribution in [3.63, 3.8) is 0 Å². The van der Waals surface area contributed by atoms with Gasteiger partial charge in [-0.15, -0.1) is 0 Å². The standard InChI is InChI=1S/C20H20ClNO5/c21-15-3-1-2-14(12-15)20(8-10-26-11-9-20)19(25)22-16-4-6-17(7-5-16)27-13-18(23)24/h1-7,12H,8-11,13H2,(H,22,25)(H,23,24). The number of hydrogen-bond donors (Lipinski definition) is 2. The summed E-state index contributed by atoms with van der Waals surface area (Å²) in [4.78, 5) is 23.7. The van der Waals surface area contributed by atoms with Crippen molar-refractivity contribution < 1.29 is 24.2 Å². The van der Waals surface area contributed by atoms with Crippen LogP contribution in [0.2, 0.25) is 5.02 Å². The monoisotopic (exact) mass is 389 g/mol. The van der Waals surface area contributed by atoms with Gasteiger partial charge in [0.2, 0.25) is 5.91 Å². The fourth-order valence-electron chi connectivity index (χ4n) is 3.18. The van der Waals surface area contributed by atoms with Crippen molar-refractivity contribution in [2.75, 3.05) is 25.1 Å². The van der Waals surface area contributed by atoms with Crippen LogP contribution in [-0.4, -0.2) is 36.8 Å². The van der Waals surface area contributed by atoms with E-state index in [0.29, 0.717) is 42.5 Å². The Balaban J connectivity index is 1.78. The summed E-state index contributed by atoms with van der Waals surface area (Å²) in [5.74, 6) is -0.742. The fourth-order valence-corrected chi connectivity index (χ4v) is 3.37. The second kappa shape index (κ2) is 8.41. The van der Waals surface area contributed by atoms with Gasteiger partial charge in [0.15, 0.2) is 6.61 Å². The lowest BCUT2D eigenvalue weighted by Crippen LogP contribution is -2.44. The SMILES string of the molecule is O=C(O)COc1ccc(NC(=O)C2(c3cccc(Cl)c3)CCOCC2)cc1. The molecule has 27 heavy (non-hydrogen) atoms. The van der Waals surface area contributed by atoms with Crippen molar-refractivity contribution in [1.82, 2.24) is 0 Å². The zero-order valence-electron chi connectivity index (χ0n) is 14.6. The van der Waals surface area contributed by atoms with E-state index < -0.39 is 18.0 Å². The number of amides is 1. The molecule has 142 valence electrons. The van der Waals surface area contributed by atoms with E-state index in [0.717, 1.165) is 5.56 Å². The molecule has 0 bridgehead atoms. The number of anilines is 1. The van der Waals surface area contributed by atoms with Gasteiger partial charge in [0, 0.05) is 23.9 Å². The van der Waals surface area contributed by atoms with E-state index in [9.17, 15) is 9.59 Å². The molecule has 1 fully saturated rings. The molecule has 2 aromatic carbocycles. The van der Waals surface area contributed by atoms with Gasteiger partial charge in [-0.2, -0.15) is 0 Å². The number of aliphatic carboxylic acids is 1. The summed E-state index contributed by atoms with van der Waals surface area (Å²) in [6.07, 6.45) is 1.14. The molecule has 2 N–H and O–H groups in total. The van der Waals surface area contributed by atoms with Crippen LogP contribution in [0.1, 0.15) is 18.4 Å². The summed E-state index contributed by atoms with van der Waals surface area (Å²) in [5, 5.41) is 12.2. The first-order valence-corrected chi connectivity index (χ1v) is 8.97. The molecule has 7 heteroatoms. The Kier molecular flexibility index (Phi) is 5.98. The van der Waals surface area contributed by atoms with Gasteiger partial charge in [0.25, 0.3) is 0 Å². The van der Waals surface area contributed by atoms with E-state index >= 15 is 0 Å². The first-order chi connectivity index (χ1) is 13.0. The number of rotatable bonds is 6. The van der Waals surface area contributed by atoms with Gasteiger partial charge >= 0.3 is 5.97 Å². The molecular formula is C20H20ClNO5. The van der Waals surface area contributed by atoms with Crippen LogP contribution in [0.15, 0.2) is 48.5 Å². The lowest BCUT2D eigenvalue weighted by atomic mass is 9.73. The quantitative estimate of drug-likeness (QED) is 0.790. The van der Waals surface area contributed by atoms with Crippen molar-refractivity contribution in [3.05, 3.63) is 59.1 Å². The van der Waals surface area contributed by atoms with Crippen LogP contribution in [0.5, 0.6) is 5.75 Å². The number of carboxylic acid groups (broad SMARTS) is 1. The number of benzene rings is 2. The largest absolute Gasteiger partial charge is 0.482 e. The van der Waals surface area contributed by atoms with Crippen LogP contribution in [0.3, 0.4) is 0 Å². The van der Waals surface area contributed by atoms with E-state index in [4.69, 9.17) is 26.2 Å². The molecule has 0 radical (unpaired) electrons. The molecule has 0 unspecified atom stereocenters. The molecule has 0 atom stereocenters. The number of hydrogen-bond acceptors (Lipinski definition) is 4. The average Bonchev–Trinajstić information content (AvgIpc) is 2.68. The van der Waals surface area contributed by atoms with Crippen LogP contribution >= 0.6 is 11.6 Å². The lowest BCUT2D eigenvalue weighted by molar-refractivity contribution is -0.139. The minimum Gasteiger partial charge on any atom is -0.482 e. The molecule has 6 nitrogen and oxygen atoms in total. The third kappa shape index (κ3) is 4.59. The number of nitrogens with one attached hydrogen (secondary N) is 1. The molecule has 1 amide bonds. The summed E-state index contributed by atoms with van der Waals surface area (Å²) < 4.78 is 10.6. The number of carbonyl (C=O) groups excluding carboxylic acids is 1. The van der Waals surface area contributed by atoms with Crippen LogP contribution < -0.4 is 10.1 Å². The second-order valence-electron chi connectivity index (χ2n) is 6.37. The molecule has 0 aromatic heterocycles. The topological polar surface area (TPSA) is 84.9 Å². The van der Waals surface area contributed by atoms with Gasteiger partial charge in [-0.25, -0.2) is 4.79 Å². The number of halogens is 1. The lowest BCUT2D eigenvalue weighted by Gasteiger charge is -2.36. The third-order valence-electron chi connectivity index (χ3n) is 4.63. The van der Waals surface area contributed by atoms with Gasteiger partial charge < -0.3 is 19.9 Å². The van der Waals surface area contributed by atoms with Gasteiger partial charge in [-0.1, -0.05) is 23.7 Å². The maximum absolute atomic E-state index is 13.2. The van der Waals surface area contributed by atoms with Crippen molar-refractivity contribution in [2.24, 2.45) is 0 Å². The summed E-state index contributed by atoms with van der Waals surface area (Å²) >= 11 is 6.14. The molecule has 0 aliphatic carbocycles. The van der Waals surface area contributed by atoms with Crippen molar-refractivity contribution >= 4 is 29.2 Å². The molecule has 1 saturated heterocycles. The molecule has 0 saturated carbocycles. The smallest absolute Gasteiger partial charge is 0.341 e. The average molecular weight is 390 g/mol. The molecule has 1 aliphatic rings. The third-order valence-corrected chi connectivity index (χ3v) is 4.87. The van der Waals surface area contributed by atoms with Crippen LogP contribution in [0.25, 0.3) is 0 Å². The highest BCUT2D eigenvalue weighted by atomic mass is 35.5. The maximum Gasteiger partial charge on any atom is 0.341 e. The van der Waals surface area contributed by atoms with Crippen LogP contribution in [-0.2, 0) is 19.7 Å². The van der Waals surface area contributed by atoms with Gasteiger partial charge in [0.05, 0.1) is 5.41 Å². The summed E-state index contributed by atoms with van der Waals surface area (Å²) in [5.41, 5.74) is 0.773. The molecule has 2 aromatic rings. The number of carboxylic acids is 1. The van der Waals surface area contributed by atoms with Gasteiger partial charge in [-0.05, 0) is 54.8 Å². The van der Waals surface area contributed by atoms with E-state index in [2.05, 4.69) is 5.32 Å². The maximum atomic E-state index is 13.2. The second-order valence-corrected chi connectivity index (χ2v) is 6.80. The van der Waals surface area contributed by atoms with E-state index in [1.54, 1.807) is 30.3 Å². The minimum absolute atomic E-state index is 0.118. The normalized spacial score (nSPS) is 15.7. The summed E-state index contributed by atoms with van der Waals surface area (Å²) in [7, 11) is 0. The van der Waals surface area contributed by atoms with Gasteiger partial charge in [-0.3, -0.25) is 4.79 Å². The van der Waals surface area contributed by atoms with Crippen molar-refractivity contribution in [1.29, 1.82) is 0 Å². The van der Waals surface area contributed by atoms with Crippen LogP contribution in [0, 0.1) is 0 Å². The molecule has 1 heterocycles. The van der Waals surface area contributed by atoms with E-state index in [1.165, 1.54) is 0 Å². The molecular weight excluding hydrogens is 370 g/mol. The van der Waals surface area contributed by atoms with Crippen molar-refractivity contribution in [3.8, 4) is 5.75 Å². The summed E-state index contributed by atoms with van der Waals surface area (Å²) in [6.45, 7) is 0.591. The fraction of sp³-hybridized carbons (Fsp3) is 0.300. The summed E-state index contributed by atoms with van der Waals surface area (Å²) in [6, 6.07) is 14.0. The zero-order valence-corrected chi connectivity index (χ0v) is 15.4. The minimum atomic E-state index is -1.05. The predicted octanol–water partition coefficient (Wildman–Crippen LogP) is 3.49. The van der Waals surface area contributed by atoms with E-state index in [1.807, 2.05) is 18.2 Å². The Morgan fingerprint density at radius 2 is 1.85 bits per heavy atom. The Hall–Kier alpha value is -2.57. The Labute approximate surface area is 162 Å². The first-order valence-electron chi connectivity index (χ1n) is 8.59. The molecule has 1 aliphatic heterocycles. The zero-order chi connectivity index (χ0) is 19.3. The molecule has 3 rings (SSSR count). The molecule has 0 spiro atoms. The highest BCUT2D eigenvalue weighted by Gasteiger charge is 2.41. The Morgan fingerprint density at radius 1 is 1.15 bits per heavy atom. The number of ether oxygens (including phenoxy) is 2. The highest BCUT2D eigenvalue weighted by Crippen LogP contribution is 2.37. The highest BCUT2D eigenvalue weighted by molar-refractivity contribution is 6.30. The Morgan fingerprint density at radius 3 is 2.48 bits per heavy atom. The first kappa shape index (κ1) is 19.2. The Bertz CT molecular complexity index is 815. The predicted molar refractivity (Wildman–Crippen MR) is 101 cm³/mol. The van der Waals surface area contributed by atoms with Crippen molar-refractivity contribution in [2.45, 2.75) is 18.3 Å². The van der Waals surface area contributed by atoms with Gasteiger partial charge in [0.1, 0.15) is 5.75 Å². The van der Waals surface area contributed by atoms with Crippen LogP contribution in [0.4, 0.5) is 5.69 Å². The number of carbonyl (C=O) groups is 2.